The van der Waals surface area contributed by atoms with E-state index >= 15 is 0 Å². The number of halogens is 2. The zero-order valence-corrected chi connectivity index (χ0v) is 14.2. The molecular weight excluding hydrogens is 357 g/mol. The second kappa shape index (κ2) is 6.80. The summed E-state index contributed by atoms with van der Waals surface area (Å²) in [6, 6.07) is 1.03. The maximum Gasteiger partial charge on any atom is 0.246 e. The molecule has 10 heteroatoms. The lowest BCUT2D eigenvalue weighted by Gasteiger charge is -2.32. The molecule has 1 fully saturated rings. The second-order valence-corrected chi connectivity index (χ2v) is 8.83. The Morgan fingerprint density at radius 1 is 1.43 bits per heavy atom. The molecule has 0 radical (unpaired) electrons. The molecule has 118 valence electrons. The monoisotopic (exact) mass is 371 g/mol. The number of piperidine rings is 1. The topological polar surface area (TPSA) is 92.5 Å². The van der Waals surface area contributed by atoms with Crippen LogP contribution in [0.5, 0.6) is 0 Å². The number of rotatable bonds is 5. The van der Waals surface area contributed by atoms with E-state index in [4.69, 9.17) is 28.9 Å². The molecular formula is C11H15Cl2N3O3S2. The van der Waals surface area contributed by atoms with Gasteiger partial charge in [0.25, 0.3) is 0 Å². The Hall–Kier alpha value is -0.380. The Morgan fingerprint density at radius 2 is 2.05 bits per heavy atom. The Balaban J connectivity index is 2.38. The summed E-state index contributed by atoms with van der Waals surface area (Å²) < 4.78 is 27.0. The number of nitrogens with two attached hydrogens (primary N) is 1. The highest BCUT2D eigenvalue weighted by Crippen LogP contribution is 2.36. The van der Waals surface area contributed by atoms with E-state index in [1.165, 1.54) is 6.07 Å². The molecule has 1 aliphatic rings. The van der Waals surface area contributed by atoms with Crippen LogP contribution < -0.4 is 11.1 Å². The summed E-state index contributed by atoms with van der Waals surface area (Å²) >= 11 is 12.7. The van der Waals surface area contributed by atoms with Gasteiger partial charge in [0.15, 0.2) is 0 Å². The molecule has 2 rings (SSSR count). The van der Waals surface area contributed by atoms with Gasteiger partial charge in [0, 0.05) is 6.04 Å². The molecule has 0 unspecified atom stereocenters. The fourth-order valence-corrected chi connectivity index (χ4v) is 6.05. The van der Waals surface area contributed by atoms with Crippen LogP contribution in [0.1, 0.15) is 12.8 Å². The van der Waals surface area contributed by atoms with Gasteiger partial charge in [0.05, 0.1) is 10.9 Å². The van der Waals surface area contributed by atoms with Crippen LogP contribution in [0.2, 0.25) is 8.67 Å². The Morgan fingerprint density at radius 3 is 2.52 bits per heavy atom. The SMILES string of the molecule is NC(=O)CN(C1CCNCC1)S(=O)(=O)c1cc(Cl)sc1Cl. The first-order valence-electron chi connectivity index (χ1n) is 6.28. The van der Waals surface area contributed by atoms with Crippen LogP contribution in [-0.2, 0) is 14.8 Å². The second-order valence-electron chi connectivity index (χ2n) is 4.69. The van der Waals surface area contributed by atoms with E-state index in [1.54, 1.807) is 0 Å². The molecule has 21 heavy (non-hydrogen) atoms. The molecule has 0 spiro atoms. The molecule has 0 aliphatic carbocycles. The maximum atomic E-state index is 12.8. The van der Waals surface area contributed by atoms with Crippen molar-refractivity contribution < 1.29 is 13.2 Å². The van der Waals surface area contributed by atoms with E-state index < -0.39 is 15.9 Å². The van der Waals surface area contributed by atoms with Gasteiger partial charge in [0.1, 0.15) is 9.23 Å². The quantitative estimate of drug-likeness (QED) is 0.815. The summed E-state index contributed by atoms with van der Waals surface area (Å²) in [6.45, 7) is 1.01. The lowest BCUT2D eigenvalue weighted by Crippen LogP contribution is -2.49. The van der Waals surface area contributed by atoms with Crippen LogP contribution in [0.3, 0.4) is 0 Å². The standard InChI is InChI=1S/C11H15Cl2N3O3S2/c12-9-5-8(11(13)20-9)21(18,19)16(6-10(14)17)7-1-3-15-4-2-7/h5,7,15H,1-4,6H2,(H2,14,17). The third-order valence-electron chi connectivity index (χ3n) is 3.24. The van der Waals surface area contributed by atoms with Crippen molar-refractivity contribution in [3.05, 3.63) is 14.7 Å². The third-order valence-corrected chi connectivity index (χ3v) is 6.89. The van der Waals surface area contributed by atoms with Crippen molar-refractivity contribution >= 4 is 50.5 Å². The van der Waals surface area contributed by atoms with Gasteiger partial charge in [-0.2, -0.15) is 4.31 Å². The molecule has 2 heterocycles. The first-order valence-corrected chi connectivity index (χ1v) is 9.29. The van der Waals surface area contributed by atoms with Gasteiger partial charge in [-0.05, 0) is 32.0 Å². The van der Waals surface area contributed by atoms with E-state index in [9.17, 15) is 13.2 Å². The summed E-state index contributed by atoms with van der Waals surface area (Å²) in [5, 5.41) is 3.15. The van der Waals surface area contributed by atoms with Crippen LogP contribution in [0.4, 0.5) is 0 Å². The van der Waals surface area contributed by atoms with Gasteiger partial charge in [-0.3, -0.25) is 4.79 Å². The van der Waals surface area contributed by atoms with E-state index in [0.717, 1.165) is 15.6 Å². The number of amides is 1. The minimum atomic E-state index is -3.91. The van der Waals surface area contributed by atoms with Gasteiger partial charge < -0.3 is 11.1 Å². The number of primary amides is 1. The normalized spacial score (nSPS) is 17.3. The van der Waals surface area contributed by atoms with Crippen LogP contribution in [-0.4, -0.2) is 44.3 Å². The number of thiophene rings is 1. The Kier molecular flexibility index (Phi) is 5.50. The molecule has 0 atom stereocenters. The zero-order valence-electron chi connectivity index (χ0n) is 11.0. The van der Waals surface area contributed by atoms with Crippen LogP contribution >= 0.6 is 34.5 Å². The van der Waals surface area contributed by atoms with Gasteiger partial charge in [-0.25, -0.2) is 8.42 Å². The van der Waals surface area contributed by atoms with Crippen molar-refractivity contribution in [1.82, 2.24) is 9.62 Å². The van der Waals surface area contributed by atoms with Gasteiger partial charge in [-0.15, -0.1) is 11.3 Å². The van der Waals surface area contributed by atoms with Crippen molar-refractivity contribution in [2.75, 3.05) is 19.6 Å². The minimum absolute atomic E-state index is 0.0704. The Bertz CT molecular complexity index is 627. The summed E-state index contributed by atoms with van der Waals surface area (Å²) in [5.74, 6) is -0.699. The van der Waals surface area contributed by atoms with Crippen molar-refractivity contribution in [2.24, 2.45) is 5.73 Å². The molecule has 1 aromatic rings. The molecule has 1 saturated heterocycles. The number of nitrogens with zero attached hydrogens (tertiary/aromatic N) is 1. The summed E-state index contributed by atoms with van der Waals surface area (Å²) in [6.07, 6.45) is 1.23. The molecule has 0 aromatic carbocycles. The average Bonchev–Trinajstić information content (AvgIpc) is 2.76. The number of hydrogen-bond donors (Lipinski definition) is 2. The third kappa shape index (κ3) is 3.88. The highest BCUT2D eigenvalue weighted by molar-refractivity contribution is 7.89. The molecule has 1 aliphatic heterocycles. The fourth-order valence-electron chi connectivity index (χ4n) is 2.29. The predicted octanol–water partition coefficient (Wildman–Crippen LogP) is 1.28. The fraction of sp³-hybridized carbons (Fsp3) is 0.545. The number of carbonyl (C=O) groups is 1. The lowest BCUT2D eigenvalue weighted by molar-refractivity contribution is -0.118. The number of nitrogens with one attached hydrogen (secondary N) is 1. The van der Waals surface area contributed by atoms with Crippen LogP contribution in [0, 0.1) is 0 Å². The minimum Gasteiger partial charge on any atom is -0.369 e. The van der Waals surface area contributed by atoms with Gasteiger partial charge in [0.2, 0.25) is 15.9 Å². The smallest absolute Gasteiger partial charge is 0.246 e. The molecule has 1 amide bonds. The van der Waals surface area contributed by atoms with Crippen molar-refractivity contribution in [3.8, 4) is 0 Å². The van der Waals surface area contributed by atoms with Crippen molar-refractivity contribution in [2.45, 2.75) is 23.8 Å². The lowest BCUT2D eigenvalue weighted by atomic mass is 10.1. The highest BCUT2D eigenvalue weighted by atomic mass is 35.5. The zero-order chi connectivity index (χ0) is 15.6. The molecule has 1 aromatic heterocycles. The van der Waals surface area contributed by atoms with Crippen LogP contribution in [0.25, 0.3) is 0 Å². The molecule has 6 nitrogen and oxygen atoms in total. The van der Waals surface area contributed by atoms with E-state index in [-0.39, 0.29) is 26.2 Å². The Labute approximate surface area is 137 Å². The highest BCUT2D eigenvalue weighted by Gasteiger charge is 2.35. The number of carbonyl (C=O) groups excluding carboxylic acids is 1. The van der Waals surface area contributed by atoms with Crippen molar-refractivity contribution in [1.29, 1.82) is 0 Å². The van der Waals surface area contributed by atoms with E-state index in [1.807, 2.05) is 0 Å². The summed E-state index contributed by atoms with van der Waals surface area (Å²) in [5.41, 5.74) is 5.20. The van der Waals surface area contributed by atoms with E-state index in [0.29, 0.717) is 25.9 Å². The number of sulfonamides is 1. The predicted molar refractivity (Wildman–Crippen MR) is 83.3 cm³/mol. The van der Waals surface area contributed by atoms with Crippen molar-refractivity contribution in [3.63, 3.8) is 0 Å². The maximum absolute atomic E-state index is 12.8. The van der Waals surface area contributed by atoms with E-state index in [2.05, 4.69) is 5.32 Å². The first-order chi connectivity index (χ1) is 9.82. The summed E-state index contributed by atoms with van der Waals surface area (Å²) in [4.78, 5) is 11.2. The largest absolute Gasteiger partial charge is 0.369 e. The van der Waals surface area contributed by atoms with Crippen LogP contribution in [0.15, 0.2) is 11.0 Å². The summed E-state index contributed by atoms with van der Waals surface area (Å²) in [7, 11) is -3.91. The average molecular weight is 372 g/mol. The molecule has 0 bridgehead atoms. The molecule has 3 N–H and O–H groups in total. The molecule has 0 saturated carbocycles. The van der Waals surface area contributed by atoms with Gasteiger partial charge in [-0.1, -0.05) is 23.2 Å². The first kappa shape index (κ1) is 17.0. The number of hydrogen-bond acceptors (Lipinski definition) is 5. The van der Waals surface area contributed by atoms with Gasteiger partial charge >= 0.3 is 0 Å².